The van der Waals surface area contributed by atoms with Crippen LogP contribution in [0.15, 0.2) is 30.0 Å². The molecule has 1 aromatic heterocycles. The summed E-state index contributed by atoms with van der Waals surface area (Å²) in [5.74, 6) is -1.49. The molecule has 1 N–H and O–H groups in total. The average molecular weight is 443 g/mol. The molecule has 11 heteroatoms. The quantitative estimate of drug-likeness (QED) is 0.732. The van der Waals surface area contributed by atoms with Gasteiger partial charge in [0.2, 0.25) is 6.35 Å². The number of fused-ring (bicyclic) bond motifs is 1. The van der Waals surface area contributed by atoms with E-state index in [2.05, 4.69) is 4.37 Å². The Morgan fingerprint density at radius 1 is 1.33 bits per heavy atom. The van der Waals surface area contributed by atoms with Gasteiger partial charge >= 0.3 is 12.1 Å². The van der Waals surface area contributed by atoms with Crippen molar-refractivity contribution in [1.29, 1.82) is 0 Å². The van der Waals surface area contributed by atoms with Gasteiger partial charge in [0, 0.05) is 24.2 Å². The number of carbonyl (C=O) groups is 2. The Morgan fingerprint density at radius 3 is 2.60 bits per heavy atom. The molecule has 1 unspecified atom stereocenters. The number of aliphatic hydroxyl groups excluding tert-OH is 1. The monoisotopic (exact) mass is 443 g/mol. The topological polar surface area (TPSA) is 83.0 Å². The summed E-state index contributed by atoms with van der Waals surface area (Å²) in [4.78, 5) is 26.2. The maximum Gasteiger partial charge on any atom is 0.431 e. The lowest BCUT2D eigenvalue weighted by Crippen LogP contribution is -2.54. The summed E-state index contributed by atoms with van der Waals surface area (Å²) in [5, 5.41) is 11.0. The number of hydrogen-bond acceptors (Lipinski definition) is 7. The first-order chi connectivity index (χ1) is 13.9. The van der Waals surface area contributed by atoms with E-state index in [4.69, 9.17) is 4.74 Å². The molecule has 0 saturated heterocycles. The van der Waals surface area contributed by atoms with Crippen molar-refractivity contribution in [3.63, 3.8) is 0 Å². The maximum absolute atomic E-state index is 13.1. The van der Waals surface area contributed by atoms with Crippen LogP contribution in [-0.2, 0) is 19.7 Å². The van der Waals surface area contributed by atoms with Crippen molar-refractivity contribution in [1.82, 2.24) is 9.27 Å². The van der Waals surface area contributed by atoms with E-state index in [-0.39, 0.29) is 12.3 Å². The van der Waals surface area contributed by atoms with Crippen LogP contribution in [0.3, 0.4) is 0 Å². The largest absolute Gasteiger partial charge is 0.465 e. The first-order valence-corrected chi connectivity index (χ1v) is 9.77. The predicted molar refractivity (Wildman–Crippen MR) is 105 cm³/mol. The van der Waals surface area contributed by atoms with Crippen molar-refractivity contribution >= 4 is 39.2 Å². The van der Waals surface area contributed by atoms with Gasteiger partial charge in [0.15, 0.2) is 0 Å². The van der Waals surface area contributed by atoms with Crippen molar-refractivity contribution in [3.8, 4) is 0 Å². The zero-order valence-electron chi connectivity index (χ0n) is 16.6. The lowest BCUT2D eigenvalue weighted by atomic mass is 9.87. The molecule has 1 atom stereocenters. The van der Waals surface area contributed by atoms with Crippen molar-refractivity contribution in [3.05, 3.63) is 35.7 Å². The number of hydrogen-bond donors (Lipinski definition) is 1. The van der Waals surface area contributed by atoms with Crippen LogP contribution in [-0.4, -0.2) is 52.4 Å². The molecule has 1 aromatic carbocycles. The predicted octanol–water partition coefficient (Wildman–Crippen LogP) is 3.14. The summed E-state index contributed by atoms with van der Waals surface area (Å²) >= 11 is 1.14. The average Bonchev–Trinajstić information content (AvgIpc) is 3.08. The molecule has 0 aliphatic carbocycles. The highest BCUT2D eigenvalue weighted by Crippen LogP contribution is 2.38. The van der Waals surface area contributed by atoms with Crippen LogP contribution in [0, 0.1) is 0 Å². The van der Waals surface area contributed by atoms with Gasteiger partial charge in [-0.15, -0.1) is 0 Å². The fourth-order valence-electron chi connectivity index (χ4n) is 3.18. The SMILES string of the molecule is CCOC(=O)C(C)(C)c1nsc2ccc(N3C(=O)C=C(C(F)(F)F)N(C)C3O)cc12. The van der Waals surface area contributed by atoms with Gasteiger partial charge in [-0.05, 0) is 50.5 Å². The molecule has 0 saturated carbocycles. The number of benzene rings is 1. The number of ether oxygens (including phenoxy) is 1. The molecular weight excluding hydrogens is 423 g/mol. The Balaban J connectivity index is 2.07. The lowest BCUT2D eigenvalue weighted by Gasteiger charge is -2.39. The standard InChI is InChI=1S/C19H20F3N3O4S/c1-5-29-16(27)18(2,3)15-11-8-10(6-7-12(11)30-23-15)25-14(26)9-13(19(20,21)22)24(4)17(25)28/h6-9,17,28H,5H2,1-4H3. The van der Waals surface area contributed by atoms with Gasteiger partial charge in [-0.3, -0.25) is 14.5 Å². The zero-order chi connectivity index (χ0) is 22.4. The Labute approximate surface area is 174 Å². The highest BCUT2D eigenvalue weighted by molar-refractivity contribution is 7.13. The molecular formula is C19H20F3N3O4S. The number of alkyl halides is 3. The van der Waals surface area contributed by atoms with Gasteiger partial charge in [0.1, 0.15) is 11.1 Å². The lowest BCUT2D eigenvalue weighted by molar-refractivity contribution is -0.148. The van der Waals surface area contributed by atoms with Crippen molar-refractivity contribution in [2.24, 2.45) is 0 Å². The molecule has 0 spiro atoms. The minimum absolute atomic E-state index is 0.172. The van der Waals surface area contributed by atoms with Gasteiger partial charge in [-0.25, -0.2) is 0 Å². The molecule has 1 aliphatic rings. The Bertz CT molecular complexity index is 1030. The number of anilines is 1. The van der Waals surface area contributed by atoms with E-state index in [1.165, 1.54) is 12.1 Å². The normalized spacial score (nSPS) is 18.1. The molecule has 3 rings (SSSR count). The number of carbonyl (C=O) groups excluding carboxylic acids is 2. The smallest absolute Gasteiger partial charge is 0.431 e. The first-order valence-electron chi connectivity index (χ1n) is 8.99. The van der Waals surface area contributed by atoms with Gasteiger partial charge in [0.05, 0.1) is 17.0 Å². The van der Waals surface area contributed by atoms with E-state index in [0.717, 1.165) is 23.5 Å². The van der Waals surface area contributed by atoms with Crippen LogP contribution in [0.2, 0.25) is 0 Å². The second kappa shape index (κ2) is 7.55. The van der Waals surface area contributed by atoms with E-state index >= 15 is 0 Å². The van der Waals surface area contributed by atoms with Gasteiger partial charge in [-0.1, -0.05) is 0 Å². The highest BCUT2D eigenvalue weighted by Gasteiger charge is 2.44. The zero-order valence-corrected chi connectivity index (χ0v) is 17.5. The van der Waals surface area contributed by atoms with Crippen molar-refractivity contribution in [2.75, 3.05) is 18.6 Å². The van der Waals surface area contributed by atoms with Crippen LogP contribution >= 0.6 is 11.5 Å². The van der Waals surface area contributed by atoms with Crippen LogP contribution < -0.4 is 4.90 Å². The molecule has 0 bridgehead atoms. The maximum atomic E-state index is 13.1. The summed E-state index contributed by atoms with van der Waals surface area (Å²) in [6.07, 6.45) is -6.20. The highest BCUT2D eigenvalue weighted by atomic mass is 32.1. The second-order valence-corrected chi connectivity index (χ2v) is 8.05. The molecule has 162 valence electrons. The van der Waals surface area contributed by atoms with E-state index < -0.39 is 35.5 Å². The third-order valence-electron chi connectivity index (χ3n) is 4.85. The number of halogens is 3. The number of aromatic nitrogens is 1. The Morgan fingerprint density at radius 2 is 2.00 bits per heavy atom. The third-order valence-corrected chi connectivity index (χ3v) is 5.68. The van der Waals surface area contributed by atoms with Gasteiger partial charge < -0.3 is 14.7 Å². The number of nitrogens with zero attached hydrogens (tertiary/aromatic N) is 3. The Hall–Kier alpha value is -2.66. The molecule has 7 nitrogen and oxygen atoms in total. The summed E-state index contributed by atoms with van der Waals surface area (Å²) in [5.41, 5.74) is -1.73. The van der Waals surface area contributed by atoms with Gasteiger partial charge in [0.25, 0.3) is 5.91 Å². The number of allylic oxidation sites excluding steroid dienone is 1. The van der Waals surface area contributed by atoms with Crippen LogP contribution in [0.4, 0.5) is 18.9 Å². The van der Waals surface area contributed by atoms with Crippen LogP contribution in [0.1, 0.15) is 26.5 Å². The van der Waals surface area contributed by atoms with E-state index in [9.17, 15) is 27.9 Å². The molecule has 1 aliphatic heterocycles. The van der Waals surface area contributed by atoms with E-state index in [1.54, 1.807) is 26.8 Å². The Kier molecular flexibility index (Phi) is 5.54. The number of amides is 1. The summed E-state index contributed by atoms with van der Waals surface area (Å²) in [7, 11) is 1.05. The molecule has 2 heterocycles. The number of aliphatic hydroxyl groups is 1. The summed E-state index contributed by atoms with van der Waals surface area (Å²) in [6.45, 7) is 5.19. The van der Waals surface area contributed by atoms with Crippen LogP contribution in [0.5, 0.6) is 0 Å². The fourth-order valence-corrected chi connectivity index (χ4v) is 4.08. The van der Waals surface area contributed by atoms with E-state index in [1.807, 2.05) is 0 Å². The number of esters is 1. The molecule has 0 radical (unpaired) electrons. The summed E-state index contributed by atoms with van der Waals surface area (Å²) in [6, 6.07) is 4.66. The van der Waals surface area contributed by atoms with Crippen molar-refractivity contribution in [2.45, 2.75) is 38.7 Å². The fraction of sp³-hybridized carbons (Fsp3) is 0.421. The molecule has 0 fully saturated rings. The van der Waals surface area contributed by atoms with Gasteiger partial charge in [-0.2, -0.15) is 17.5 Å². The minimum Gasteiger partial charge on any atom is -0.465 e. The second-order valence-electron chi connectivity index (χ2n) is 7.25. The number of rotatable bonds is 4. The first kappa shape index (κ1) is 22.0. The third kappa shape index (κ3) is 3.63. The van der Waals surface area contributed by atoms with Crippen molar-refractivity contribution < 1.29 is 32.6 Å². The molecule has 30 heavy (non-hydrogen) atoms. The molecule has 2 aromatic rings. The minimum atomic E-state index is -4.78. The van der Waals surface area contributed by atoms with E-state index in [0.29, 0.717) is 26.8 Å². The van der Waals surface area contributed by atoms with Crippen LogP contribution in [0.25, 0.3) is 10.1 Å². The summed E-state index contributed by atoms with van der Waals surface area (Å²) < 4.78 is 49.5. The molecule has 1 amide bonds.